The van der Waals surface area contributed by atoms with Crippen LogP contribution in [0.4, 0.5) is 17.1 Å². The second-order valence-corrected chi connectivity index (χ2v) is 18.4. The molecule has 0 heterocycles. The van der Waals surface area contributed by atoms with E-state index in [1.165, 1.54) is 141 Å². The molecule has 11 rings (SSSR count). The lowest BCUT2D eigenvalue weighted by molar-refractivity contribution is 0.420. The van der Waals surface area contributed by atoms with Gasteiger partial charge in [-0.3, -0.25) is 0 Å². The average molecular weight is 740 g/mol. The number of fused-ring (bicyclic) bond motifs is 6. The van der Waals surface area contributed by atoms with Gasteiger partial charge in [-0.15, -0.1) is 0 Å². The lowest BCUT2D eigenvalue weighted by Crippen LogP contribution is -2.17. The second-order valence-electron chi connectivity index (χ2n) is 18.4. The zero-order chi connectivity index (χ0) is 38.1. The van der Waals surface area contributed by atoms with Gasteiger partial charge in [0.2, 0.25) is 0 Å². The van der Waals surface area contributed by atoms with Crippen LogP contribution in [-0.2, 0) is 5.41 Å². The fourth-order valence-corrected chi connectivity index (χ4v) is 11.7. The van der Waals surface area contributed by atoms with Gasteiger partial charge in [0.25, 0.3) is 0 Å². The predicted molar refractivity (Wildman–Crippen MR) is 241 cm³/mol. The fraction of sp³-hybridized carbons (Fsp3) is 0.286. The third-order valence-corrected chi connectivity index (χ3v) is 14.7. The van der Waals surface area contributed by atoms with Gasteiger partial charge in [-0.2, -0.15) is 0 Å². The molecule has 3 unspecified atom stereocenters. The first-order chi connectivity index (χ1) is 28.0. The summed E-state index contributed by atoms with van der Waals surface area (Å²) in [6.45, 7) is 4.82. The second kappa shape index (κ2) is 13.9. The molecule has 3 saturated carbocycles. The van der Waals surface area contributed by atoms with Crippen molar-refractivity contribution in [2.24, 2.45) is 11.8 Å². The predicted octanol–water partition coefficient (Wildman–Crippen LogP) is 15.9. The summed E-state index contributed by atoms with van der Waals surface area (Å²) in [6.07, 6.45) is 12.3. The Labute approximate surface area is 339 Å². The summed E-state index contributed by atoms with van der Waals surface area (Å²) in [5.41, 5.74) is 17.1. The van der Waals surface area contributed by atoms with E-state index >= 15 is 0 Å². The van der Waals surface area contributed by atoms with Crippen LogP contribution in [0.3, 0.4) is 0 Å². The maximum atomic E-state index is 2.58. The standard InChI is InChI=1S/C56H53N/c1-56(2)53-16-10-9-15-49(53)52-35-51(43-22-19-40(20-23-43)38-11-5-3-6-12-38)55(36-54(52)56)57(47-28-26-42(27-29-47)50-32-37-17-18-45(50)31-37)48-30-25-41-21-24-44(33-46(41)34-48)39-13-7-4-8-14-39/h3,5-6,9-12,15-16,19-30,33-37,39,45,50H,4,7-8,13-14,17-18,31-32H2,1-2H3. The quantitative estimate of drug-likeness (QED) is 0.157. The molecule has 0 radical (unpaired) electrons. The highest BCUT2D eigenvalue weighted by atomic mass is 15.1. The Hall–Kier alpha value is -5.40. The third kappa shape index (κ3) is 6.05. The molecule has 3 fully saturated rings. The van der Waals surface area contributed by atoms with E-state index in [9.17, 15) is 0 Å². The van der Waals surface area contributed by atoms with Crippen LogP contribution in [0.25, 0.3) is 44.2 Å². The van der Waals surface area contributed by atoms with Crippen molar-refractivity contribution in [3.63, 3.8) is 0 Å². The minimum atomic E-state index is -0.119. The van der Waals surface area contributed by atoms with E-state index in [0.717, 1.165) is 11.8 Å². The first-order valence-corrected chi connectivity index (χ1v) is 21.9. The first kappa shape index (κ1) is 34.8. The Kier molecular flexibility index (Phi) is 8.50. The van der Waals surface area contributed by atoms with Gasteiger partial charge in [0.15, 0.2) is 0 Å². The van der Waals surface area contributed by atoms with Gasteiger partial charge in [0, 0.05) is 22.4 Å². The first-order valence-electron chi connectivity index (χ1n) is 21.9. The van der Waals surface area contributed by atoms with Crippen LogP contribution < -0.4 is 4.90 Å². The van der Waals surface area contributed by atoms with Crippen LogP contribution in [0.1, 0.15) is 106 Å². The Bertz CT molecular complexity index is 2590. The highest BCUT2D eigenvalue weighted by Crippen LogP contribution is 2.55. The van der Waals surface area contributed by atoms with E-state index in [4.69, 9.17) is 0 Å². The molecule has 1 nitrogen and oxygen atoms in total. The third-order valence-electron chi connectivity index (χ3n) is 14.7. The van der Waals surface area contributed by atoms with Crippen molar-refractivity contribution in [2.45, 2.75) is 88.9 Å². The lowest BCUT2D eigenvalue weighted by Gasteiger charge is -2.31. The van der Waals surface area contributed by atoms with Crippen molar-refractivity contribution in [2.75, 3.05) is 4.90 Å². The minimum Gasteiger partial charge on any atom is -0.310 e. The van der Waals surface area contributed by atoms with E-state index < -0.39 is 0 Å². The molecule has 282 valence electrons. The summed E-state index contributed by atoms with van der Waals surface area (Å²) >= 11 is 0. The van der Waals surface area contributed by atoms with E-state index in [-0.39, 0.29) is 5.41 Å². The summed E-state index contributed by atoms with van der Waals surface area (Å²) in [5, 5.41) is 2.65. The van der Waals surface area contributed by atoms with Gasteiger partial charge in [-0.1, -0.05) is 155 Å². The fourth-order valence-electron chi connectivity index (χ4n) is 11.7. The molecule has 57 heavy (non-hydrogen) atoms. The lowest BCUT2D eigenvalue weighted by atomic mass is 9.81. The summed E-state index contributed by atoms with van der Waals surface area (Å²) in [5.74, 6) is 3.18. The summed E-state index contributed by atoms with van der Waals surface area (Å²) in [6, 6.07) is 58.4. The number of hydrogen-bond acceptors (Lipinski definition) is 1. The number of rotatable bonds is 7. The molecule has 1 heteroatoms. The van der Waals surface area contributed by atoms with Crippen LogP contribution >= 0.6 is 0 Å². The van der Waals surface area contributed by atoms with Gasteiger partial charge >= 0.3 is 0 Å². The van der Waals surface area contributed by atoms with Crippen molar-refractivity contribution in [1.82, 2.24) is 0 Å². The van der Waals surface area contributed by atoms with Crippen LogP contribution in [0, 0.1) is 11.8 Å². The van der Waals surface area contributed by atoms with E-state index in [1.807, 2.05) is 0 Å². The Morgan fingerprint density at radius 1 is 0.474 bits per heavy atom. The van der Waals surface area contributed by atoms with Crippen molar-refractivity contribution < 1.29 is 0 Å². The normalized spacial score (nSPS) is 20.8. The summed E-state index contributed by atoms with van der Waals surface area (Å²) in [4.78, 5) is 2.58. The summed E-state index contributed by atoms with van der Waals surface area (Å²) in [7, 11) is 0. The Morgan fingerprint density at radius 2 is 1.18 bits per heavy atom. The largest absolute Gasteiger partial charge is 0.310 e. The molecule has 0 spiro atoms. The van der Waals surface area contributed by atoms with Gasteiger partial charge in [-0.25, -0.2) is 0 Å². The zero-order valence-electron chi connectivity index (χ0n) is 33.6. The van der Waals surface area contributed by atoms with E-state index in [1.54, 1.807) is 0 Å². The molecule has 3 atom stereocenters. The minimum absolute atomic E-state index is 0.119. The van der Waals surface area contributed by atoms with E-state index in [0.29, 0.717) is 11.8 Å². The van der Waals surface area contributed by atoms with Gasteiger partial charge in [0.05, 0.1) is 5.69 Å². The molecular weight excluding hydrogens is 687 g/mol. The highest BCUT2D eigenvalue weighted by Gasteiger charge is 2.40. The van der Waals surface area contributed by atoms with Crippen molar-refractivity contribution in [1.29, 1.82) is 0 Å². The smallest absolute Gasteiger partial charge is 0.0543 e. The molecular formula is C56H53N. The van der Waals surface area contributed by atoms with Crippen molar-refractivity contribution in [3.8, 4) is 33.4 Å². The summed E-state index contributed by atoms with van der Waals surface area (Å²) < 4.78 is 0. The monoisotopic (exact) mass is 739 g/mol. The molecule has 0 aromatic heterocycles. The SMILES string of the molecule is CC1(C)c2ccccc2-c2cc(-c3ccc(-c4ccccc4)cc3)c(N(c3ccc(C4CC5CCC4C5)cc3)c3ccc4ccc(C5CCCCC5)cc4c3)cc21. The topological polar surface area (TPSA) is 3.24 Å². The molecule has 7 aromatic rings. The maximum absolute atomic E-state index is 2.58. The van der Waals surface area contributed by atoms with Crippen LogP contribution in [-0.4, -0.2) is 0 Å². The van der Waals surface area contributed by atoms with E-state index in [2.05, 4.69) is 170 Å². The Balaban J connectivity index is 1.11. The van der Waals surface area contributed by atoms with Gasteiger partial charge in [-0.05, 0) is 153 Å². The van der Waals surface area contributed by atoms with Crippen LogP contribution in [0.2, 0.25) is 0 Å². The molecule has 7 aromatic carbocycles. The molecule has 0 amide bonds. The molecule has 4 aliphatic rings. The molecule has 0 aliphatic heterocycles. The van der Waals surface area contributed by atoms with Crippen LogP contribution in [0.5, 0.6) is 0 Å². The Morgan fingerprint density at radius 3 is 1.95 bits per heavy atom. The molecule has 0 N–H and O–H groups in total. The van der Waals surface area contributed by atoms with Gasteiger partial charge < -0.3 is 4.90 Å². The van der Waals surface area contributed by atoms with Crippen molar-refractivity contribution in [3.05, 3.63) is 174 Å². The number of benzene rings is 7. The number of hydrogen-bond donors (Lipinski definition) is 0. The molecule has 2 bridgehead atoms. The van der Waals surface area contributed by atoms with Crippen molar-refractivity contribution >= 4 is 27.8 Å². The van der Waals surface area contributed by atoms with Crippen LogP contribution in [0.15, 0.2) is 152 Å². The molecule has 0 saturated heterocycles. The maximum Gasteiger partial charge on any atom is 0.0543 e. The average Bonchev–Trinajstić information content (AvgIpc) is 3.97. The zero-order valence-corrected chi connectivity index (χ0v) is 33.6. The molecule has 4 aliphatic carbocycles. The highest BCUT2D eigenvalue weighted by molar-refractivity contribution is 5.97. The number of anilines is 3. The van der Waals surface area contributed by atoms with Gasteiger partial charge in [0.1, 0.15) is 0 Å². The number of nitrogens with zero attached hydrogens (tertiary/aromatic N) is 1.